The third kappa shape index (κ3) is 2.62. The van der Waals surface area contributed by atoms with E-state index in [4.69, 9.17) is 9.47 Å². The lowest BCUT2D eigenvalue weighted by molar-refractivity contribution is -0.136. The zero-order valence-electron chi connectivity index (χ0n) is 14.0. The minimum absolute atomic E-state index is 0.0725. The van der Waals surface area contributed by atoms with Gasteiger partial charge in [0.25, 0.3) is 0 Å². The van der Waals surface area contributed by atoms with E-state index < -0.39 is 17.3 Å². The highest BCUT2D eigenvalue weighted by atomic mass is 32.2. The number of ether oxygens (including phenoxy) is 2. The van der Waals surface area contributed by atoms with Gasteiger partial charge in [0.15, 0.2) is 0 Å². The van der Waals surface area contributed by atoms with Gasteiger partial charge < -0.3 is 19.9 Å². The van der Waals surface area contributed by atoms with E-state index in [1.165, 1.54) is 4.90 Å². The second-order valence-electron chi connectivity index (χ2n) is 6.46. The Balaban J connectivity index is 1.49. The molecule has 138 valence electrons. The van der Waals surface area contributed by atoms with E-state index >= 15 is 0 Å². The highest BCUT2D eigenvalue weighted by Gasteiger charge is 2.46. The summed E-state index contributed by atoms with van der Waals surface area (Å²) >= 11 is 1.16. The molecule has 3 aliphatic rings. The number of benzene rings is 1. The Bertz CT molecular complexity index is 931. The molecule has 8 nitrogen and oxygen atoms in total. The van der Waals surface area contributed by atoms with E-state index in [1.54, 1.807) is 24.4 Å². The van der Waals surface area contributed by atoms with Gasteiger partial charge in [-0.3, -0.25) is 9.69 Å². The lowest BCUT2D eigenvalue weighted by Crippen LogP contribution is -2.47. The molecular formula is C18H15N3O5S. The fourth-order valence-electron chi connectivity index (χ4n) is 3.42. The number of carboxylic acids is 1. The zero-order valence-corrected chi connectivity index (χ0v) is 14.8. The van der Waals surface area contributed by atoms with Gasteiger partial charge in [0.2, 0.25) is 0 Å². The molecule has 2 N–H and O–H groups in total. The molecule has 5 rings (SSSR count). The molecule has 1 fully saturated rings. The number of hydrogen-bond donors (Lipinski definition) is 2. The van der Waals surface area contributed by atoms with Gasteiger partial charge in [0.1, 0.15) is 22.1 Å². The van der Waals surface area contributed by atoms with Crippen molar-refractivity contribution in [2.75, 3.05) is 18.1 Å². The minimum Gasteiger partial charge on any atom is -0.486 e. The number of anilines is 2. The van der Waals surface area contributed by atoms with Gasteiger partial charge in [0.05, 0.1) is 30.6 Å². The van der Waals surface area contributed by atoms with Crippen molar-refractivity contribution in [2.45, 2.75) is 22.4 Å². The second-order valence-corrected chi connectivity index (χ2v) is 7.59. The number of carboxylic acid groups (broad SMARTS) is 1. The molecule has 2 amide bonds. The minimum atomic E-state index is -0.968. The van der Waals surface area contributed by atoms with Gasteiger partial charge >= 0.3 is 12.0 Å². The van der Waals surface area contributed by atoms with Crippen molar-refractivity contribution < 1.29 is 24.2 Å². The summed E-state index contributed by atoms with van der Waals surface area (Å²) in [6.07, 6.45) is 1.67. The Hall–Kier alpha value is -2.78. The number of urea groups is 1. The van der Waals surface area contributed by atoms with Crippen LogP contribution in [0.5, 0.6) is 5.75 Å². The largest absolute Gasteiger partial charge is 0.486 e. The fraction of sp³-hybridized carbons (Fsp3) is 0.278. The van der Waals surface area contributed by atoms with Crippen LogP contribution in [0.25, 0.3) is 0 Å². The molecule has 2 unspecified atom stereocenters. The maximum absolute atomic E-state index is 12.8. The lowest BCUT2D eigenvalue weighted by atomic mass is 10.0. The van der Waals surface area contributed by atoms with Crippen molar-refractivity contribution in [1.82, 2.24) is 10.3 Å². The number of thioether (sulfide) groups is 1. The summed E-state index contributed by atoms with van der Waals surface area (Å²) in [5.41, 5.74) is 2.08. The smallest absolute Gasteiger partial charge is 0.327 e. The number of aromatic nitrogens is 1. The number of carbonyl (C=O) groups is 2. The number of aliphatic carboxylic acids is 1. The first-order chi connectivity index (χ1) is 13.1. The van der Waals surface area contributed by atoms with Crippen LogP contribution in [0.1, 0.15) is 11.6 Å². The third-order valence-corrected chi connectivity index (χ3v) is 6.03. The summed E-state index contributed by atoms with van der Waals surface area (Å²) in [4.78, 5) is 30.2. The molecule has 9 heteroatoms. The van der Waals surface area contributed by atoms with Crippen molar-refractivity contribution >= 4 is 35.1 Å². The molecule has 0 saturated carbocycles. The Morgan fingerprint density at radius 1 is 1.30 bits per heavy atom. The number of rotatable bonds is 4. The maximum Gasteiger partial charge on any atom is 0.327 e. The van der Waals surface area contributed by atoms with Gasteiger partial charge in [-0.05, 0) is 30.3 Å². The summed E-state index contributed by atoms with van der Waals surface area (Å²) in [5, 5.41) is 12.1. The first kappa shape index (κ1) is 16.4. The van der Waals surface area contributed by atoms with Crippen molar-refractivity contribution in [2.24, 2.45) is 0 Å². The molecule has 27 heavy (non-hydrogen) atoms. The quantitative estimate of drug-likeness (QED) is 0.833. The van der Waals surface area contributed by atoms with E-state index in [0.29, 0.717) is 35.4 Å². The van der Waals surface area contributed by atoms with Crippen molar-refractivity contribution in [3.63, 3.8) is 0 Å². The molecule has 0 bridgehead atoms. The van der Waals surface area contributed by atoms with Crippen molar-refractivity contribution in [3.8, 4) is 5.75 Å². The number of nitrogens with zero attached hydrogens (tertiary/aromatic N) is 2. The predicted octanol–water partition coefficient (Wildman–Crippen LogP) is 2.32. The number of hydrogen-bond acceptors (Lipinski definition) is 6. The number of pyridine rings is 1. The predicted molar refractivity (Wildman–Crippen MR) is 96.6 cm³/mol. The standard InChI is InChI=1S/C18H15N3O5S/c22-17(23)15-14-13-12(5-6-19-16(13)27-15)21(18(24)20-14)9-1-3-10(4-2-9)26-11-7-25-8-11/h1-6,11,14-15H,7-8H2,(H,20,24)(H,22,23). The van der Waals surface area contributed by atoms with Gasteiger partial charge in [0, 0.05) is 11.8 Å². The van der Waals surface area contributed by atoms with Crippen LogP contribution in [0.3, 0.4) is 0 Å². The number of carbonyl (C=O) groups excluding carboxylic acids is 1. The van der Waals surface area contributed by atoms with E-state index in [2.05, 4.69) is 10.3 Å². The number of amides is 2. The number of nitrogens with one attached hydrogen (secondary N) is 1. The third-order valence-electron chi connectivity index (χ3n) is 4.75. The molecule has 1 aromatic carbocycles. The topological polar surface area (TPSA) is 101 Å². The van der Waals surface area contributed by atoms with Crippen LogP contribution < -0.4 is 15.0 Å². The molecular weight excluding hydrogens is 370 g/mol. The monoisotopic (exact) mass is 385 g/mol. The summed E-state index contributed by atoms with van der Waals surface area (Å²) < 4.78 is 10.8. The summed E-state index contributed by atoms with van der Waals surface area (Å²) in [5.74, 6) is -0.257. The Morgan fingerprint density at radius 3 is 2.74 bits per heavy atom. The van der Waals surface area contributed by atoms with Crippen LogP contribution >= 0.6 is 11.8 Å². The molecule has 0 aliphatic carbocycles. The Morgan fingerprint density at radius 2 is 2.07 bits per heavy atom. The zero-order chi connectivity index (χ0) is 18.5. The van der Waals surface area contributed by atoms with Gasteiger partial charge in [-0.2, -0.15) is 0 Å². The molecule has 2 aromatic rings. The van der Waals surface area contributed by atoms with Crippen molar-refractivity contribution in [3.05, 3.63) is 42.1 Å². The van der Waals surface area contributed by atoms with Crippen LogP contribution in [-0.4, -0.2) is 46.7 Å². The van der Waals surface area contributed by atoms with E-state index in [-0.39, 0.29) is 12.1 Å². The van der Waals surface area contributed by atoms with Crippen LogP contribution in [-0.2, 0) is 9.53 Å². The molecule has 2 atom stereocenters. The molecule has 4 heterocycles. The van der Waals surface area contributed by atoms with Crippen molar-refractivity contribution in [1.29, 1.82) is 0 Å². The van der Waals surface area contributed by atoms with Gasteiger partial charge in [-0.25, -0.2) is 9.78 Å². The molecule has 0 spiro atoms. The normalized spacial score (nSPS) is 23.4. The summed E-state index contributed by atoms with van der Waals surface area (Å²) in [6, 6.07) is 8.02. The van der Waals surface area contributed by atoms with E-state index in [9.17, 15) is 14.7 Å². The first-order valence-electron chi connectivity index (χ1n) is 8.45. The molecule has 3 aliphatic heterocycles. The highest BCUT2D eigenvalue weighted by molar-refractivity contribution is 8.00. The van der Waals surface area contributed by atoms with Crippen LogP contribution in [0.2, 0.25) is 0 Å². The fourth-order valence-corrected chi connectivity index (χ4v) is 4.58. The Kier molecular flexibility index (Phi) is 3.73. The van der Waals surface area contributed by atoms with Crippen LogP contribution in [0.15, 0.2) is 41.6 Å². The maximum atomic E-state index is 12.8. The first-order valence-corrected chi connectivity index (χ1v) is 9.33. The van der Waals surface area contributed by atoms with Crippen LogP contribution in [0.4, 0.5) is 16.2 Å². The van der Waals surface area contributed by atoms with E-state index in [0.717, 1.165) is 17.3 Å². The average molecular weight is 385 g/mol. The summed E-state index contributed by atoms with van der Waals surface area (Å²) in [7, 11) is 0. The SMILES string of the molecule is O=C(O)C1Sc2nccc3c2C1NC(=O)N3c1ccc(OC2COC2)cc1. The Labute approximate surface area is 158 Å². The average Bonchev–Trinajstić information content (AvgIpc) is 2.99. The van der Waals surface area contributed by atoms with Crippen LogP contribution in [0, 0.1) is 0 Å². The lowest BCUT2D eigenvalue weighted by Gasteiger charge is -2.33. The molecule has 0 radical (unpaired) electrons. The van der Waals surface area contributed by atoms with Gasteiger partial charge in [-0.15, -0.1) is 0 Å². The molecule has 1 saturated heterocycles. The second kappa shape index (κ2) is 6.14. The highest BCUT2D eigenvalue weighted by Crippen LogP contribution is 2.50. The van der Waals surface area contributed by atoms with E-state index in [1.807, 2.05) is 12.1 Å². The van der Waals surface area contributed by atoms with Gasteiger partial charge in [-0.1, -0.05) is 11.8 Å². The molecule has 1 aromatic heterocycles. The summed E-state index contributed by atoms with van der Waals surface area (Å²) in [6.45, 7) is 1.17.